The number of piperidine rings is 1. The summed E-state index contributed by atoms with van der Waals surface area (Å²) in [7, 11) is 3.39. The van der Waals surface area contributed by atoms with E-state index in [1.165, 1.54) is 11.1 Å². The molecular formula is C25H25NO5. The fourth-order valence-corrected chi connectivity index (χ4v) is 6.34. The number of ether oxygens (including phenoxy) is 4. The Kier molecular flexibility index (Phi) is 4.01. The quantitative estimate of drug-likeness (QED) is 0.751. The number of rotatable bonds is 3. The molecular weight excluding hydrogens is 394 g/mol. The van der Waals surface area contributed by atoms with Crippen LogP contribution in [0.15, 0.2) is 54.3 Å². The number of hydrogen-bond acceptors (Lipinski definition) is 5. The summed E-state index contributed by atoms with van der Waals surface area (Å²) in [5.74, 6) is 3.30. The molecule has 1 fully saturated rings. The topological polar surface area (TPSA) is 57.2 Å². The highest BCUT2D eigenvalue weighted by Gasteiger charge is 2.65. The number of allylic oxidation sites excluding steroid dienone is 1. The van der Waals surface area contributed by atoms with Gasteiger partial charge in [0.15, 0.2) is 17.6 Å². The largest absolute Gasteiger partial charge is 0.497 e. The molecule has 4 unspecified atom stereocenters. The monoisotopic (exact) mass is 419 g/mol. The molecule has 2 aromatic rings. The van der Waals surface area contributed by atoms with Gasteiger partial charge in [0.25, 0.3) is 0 Å². The molecule has 2 aromatic carbocycles. The maximum atomic E-state index is 13.2. The third-order valence-corrected chi connectivity index (χ3v) is 7.57. The van der Waals surface area contributed by atoms with E-state index in [0.29, 0.717) is 12.3 Å². The first-order valence-electron chi connectivity index (χ1n) is 10.8. The number of carbonyl (C=O) groups is 1. The van der Waals surface area contributed by atoms with Crippen LogP contribution in [0.3, 0.4) is 0 Å². The van der Waals surface area contributed by atoms with Crippen molar-refractivity contribution in [1.82, 2.24) is 4.90 Å². The standard InChI is InChI=1S/C25H25NO5/c1-28-19-10-8-15-14-18-17-9-11-20(29-2)23-25(17,21(15)22(19)31-23)12-13-26(18)24(27)30-16-6-4-3-5-7-16/h3-8,10-11,17-18,23H,9,12-14H2,1-2H3. The van der Waals surface area contributed by atoms with Crippen LogP contribution in [-0.4, -0.2) is 43.9 Å². The summed E-state index contributed by atoms with van der Waals surface area (Å²) >= 11 is 0. The molecule has 4 aliphatic rings. The van der Waals surface area contributed by atoms with Gasteiger partial charge in [0, 0.05) is 18.2 Å². The van der Waals surface area contributed by atoms with E-state index >= 15 is 0 Å². The van der Waals surface area contributed by atoms with E-state index in [2.05, 4.69) is 12.1 Å². The van der Waals surface area contributed by atoms with Crippen LogP contribution in [-0.2, 0) is 16.6 Å². The molecule has 6 nitrogen and oxygen atoms in total. The van der Waals surface area contributed by atoms with Crippen LogP contribution in [0.5, 0.6) is 17.2 Å². The van der Waals surface area contributed by atoms with E-state index in [-0.39, 0.29) is 29.6 Å². The molecule has 2 aliphatic heterocycles. The second kappa shape index (κ2) is 6.67. The molecule has 160 valence electrons. The van der Waals surface area contributed by atoms with Crippen LogP contribution in [0.1, 0.15) is 24.0 Å². The number of benzene rings is 2. The summed E-state index contributed by atoms with van der Waals surface area (Å²) in [6.07, 6.45) is 4.11. The molecule has 6 rings (SSSR count). The van der Waals surface area contributed by atoms with Gasteiger partial charge in [-0.3, -0.25) is 0 Å². The molecule has 6 heteroatoms. The second-order valence-corrected chi connectivity index (χ2v) is 8.72. The molecule has 1 amide bonds. The number of likely N-dealkylation sites (tertiary alicyclic amines) is 1. The van der Waals surface area contributed by atoms with Crippen molar-refractivity contribution in [3.05, 3.63) is 65.4 Å². The molecule has 4 atom stereocenters. The van der Waals surface area contributed by atoms with Crippen molar-refractivity contribution in [2.24, 2.45) is 5.92 Å². The highest BCUT2D eigenvalue weighted by atomic mass is 16.6. The van der Waals surface area contributed by atoms with Crippen LogP contribution in [0.2, 0.25) is 0 Å². The smallest absolute Gasteiger partial charge is 0.415 e. The fourth-order valence-electron chi connectivity index (χ4n) is 6.34. The van der Waals surface area contributed by atoms with E-state index in [1.807, 2.05) is 41.3 Å². The Balaban J connectivity index is 1.43. The molecule has 0 saturated carbocycles. The Hall–Kier alpha value is -3.15. The highest BCUT2D eigenvalue weighted by molar-refractivity contribution is 5.73. The van der Waals surface area contributed by atoms with Gasteiger partial charge in [0.2, 0.25) is 0 Å². The van der Waals surface area contributed by atoms with E-state index in [0.717, 1.165) is 36.5 Å². The summed E-state index contributed by atoms with van der Waals surface area (Å²) < 4.78 is 23.7. The lowest BCUT2D eigenvalue weighted by molar-refractivity contribution is -0.0271. The third kappa shape index (κ3) is 2.42. The maximum absolute atomic E-state index is 13.2. The Morgan fingerprint density at radius 1 is 1.13 bits per heavy atom. The minimum atomic E-state index is -0.278. The highest BCUT2D eigenvalue weighted by Crippen LogP contribution is 2.63. The molecule has 1 spiro atoms. The summed E-state index contributed by atoms with van der Waals surface area (Å²) in [6.45, 7) is 0.625. The molecule has 0 N–H and O–H groups in total. The first kappa shape index (κ1) is 18.6. The molecule has 31 heavy (non-hydrogen) atoms. The lowest BCUT2D eigenvalue weighted by atomic mass is 9.53. The zero-order valence-corrected chi connectivity index (χ0v) is 17.7. The lowest BCUT2D eigenvalue weighted by Gasteiger charge is -2.56. The fraction of sp³-hybridized carbons (Fsp3) is 0.400. The van der Waals surface area contributed by atoms with Crippen molar-refractivity contribution in [3.63, 3.8) is 0 Å². The normalized spacial score (nSPS) is 29.4. The van der Waals surface area contributed by atoms with E-state index in [1.54, 1.807) is 14.2 Å². The number of nitrogens with zero attached hydrogens (tertiary/aromatic N) is 1. The predicted molar refractivity (Wildman–Crippen MR) is 114 cm³/mol. The number of methoxy groups -OCH3 is 2. The summed E-state index contributed by atoms with van der Waals surface area (Å²) in [5, 5.41) is 0. The van der Waals surface area contributed by atoms with Gasteiger partial charge in [0.1, 0.15) is 11.5 Å². The van der Waals surface area contributed by atoms with E-state index in [4.69, 9.17) is 18.9 Å². The van der Waals surface area contributed by atoms with Gasteiger partial charge < -0.3 is 23.8 Å². The van der Waals surface area contributed by atoms with Gasteiger partial charge in [-0.2, -0.15) is 0 Å². The van der Waals surface area contributed by atoms with Gasteiger partial charge >= 0.3 is 6.09 Å². The maximum Gasteiger partial charge on any atom is 0.415 e. The van der Waals surface area contributed by atoms with E-state index < -0.39 is 0 Å². The number of hydrogen-bond donors (Lipinski definition) is 0. The number of amides is 1. The van der Waals surface area contributed by atoms with Crippen molar-refractivity contribution >= 4 is 6.09 Å². The Labute approximate surface area is 181 Å². The lowest BCUT2D eigenvalue weighted by Crippen LogP contribution is -2.65. The van der Waals surface area contributed by atoms with Gasteiger partial charge in [-0.25, -0.2) is 4.79 Å². The number of para-hydroxylation sites is 1. The van der Waals surface area contributed by atoms with Crippen LogP contribution < -0.4 is 14.2 Å². The third-order valence-electron chi connectivity index (χ3n) is 7.57. The molecule has 2 aliphatic carbocycles. The van der Waals surface area contributed by atoms with E-state index in [9.17, 15) is 4.79 Å². The average Bonchev–Trinajstić information content (AvgIpc) is 3.14. The van der Waals surface area contributed by atoms with Crippen molar-refractivity contribution in [2.45, 2.75) is 36.8 Å². The Morgan fingerprint density at radius 2 is 1.97 bits per heavy atom. The predicted octanol–water partition coefficient (Wildman–Crippen LogP) is 4.07. The summed E-state index contributed by atoms with van der Waals surface area (Å²) in [5.41, 5.74) is 2.29. The molecule has 2 heterocycles. The number of carbonyl (C=O) groups excluding carboxylic acids is 1. The SMILES string of the molecule is COC1=CCC2C3Cc4ccc(OC)c5c4C2(CCN3C(=O)Oc2ccccc2)C1O5. The van der Waals surface area contributed by atoms with Crippen molar-refractivity contribution in [2.75, 3.05) is 20.8 Å². The first-order valence-corrected chi connectivity index (χ1v) is 10.8. The molecule has 1 saturated heterocycles. The zero-order valence-electron chi connectivity index (χ0n) is 17.7. The van der Waals surface area contributed by atoms with Crippen LogP contribution in [0.4, 0.5) is 4.79 Å². The second-order valence-electron chi connectivity index (χ2n) is 8.72. The summed E-state index contributed by atoms with van der Waals surface area (Å²) in [4.78, 5) is 15.1. The molecule has 0 radical (unpaired) electrons. The molecule has 2 bridgehead atoms. The van der Waals surface area contributed by atoms with Crippen molar-refractivity contribution in [3.8, 4) is 17.2 Å². The van der Waals surface area contributed by atoms with Gasteiger partial charge in [-0.1, -0.05) is 24.3 Å². The average molecular weight is 419 g/mol. The van der Waals surface area contributed by atoms with Crippen LogP contribution in [0.25, 0.3) is 0 Å². The first-order chi connectivity index (χ1) is 15.2. The van der Waals surface area contributed by atoms with Crippen LogP contribution in [0, 0.1) is 5.92 Å². The molecule has 0 aromatic heterocycles. The van der Waals surface area contributed by atoms with Gasteiger partial charge in [0.05, 0.1) is 19.6 Å². The van der Waals surface area contributed by atoms with Crippen molar-refractivity contribution < 1.29 is 23.7 Å². The van der Waals surface area contributed by atoms with Crippen LogP contribution >= 0.6 is 0 Å². The van der Waals surface area contributed by atoms with Crippen molar-refractivity contribution in [1.29, 1.82) is 0 Å². The minimum Gasteiger partial charge on any atom is -0.497 e. The van der Waals surface area contributed by atoms with Gasteiger partial charge in [-0.15, -0.1) is 0 Å². The van der Waals surface area contributed by atoms with Gasteiger partial charge in [-0.05, 0) is 55.0 Å². The summed E-state index contributed by atoms with van der Waals surface area (Å²) in [6, 6.07) is 13.4. The Bertz CT molecular complexity index is 1080. The minimum absolute atomic E-state index is 0.0533. The zero-order chi connectivity index (χ0) is 21.2. The Morgan fingerprint density at radius 3 is 2.74 bits per heavy atom.